The topological polar surface area (TPSA) is 41.7 Å². The fourth-order valence-electron chi connectivity index (χ4n) is 3.19. The van der Waals surface area contributed by atoms with E-state index in [2.05, 4.69) is 35.8 Å². The van der Waals surface area contributed by atoms with Gasteiger partial charge in [-0.25, -0.2) is 0 Å². The average molecular weight is 291 g/mol. The highest BCUT2D eigenvalue weighted by Gasteiger charge is 2.26. The van der Waals surface area contributed by atoms with E-state index in [9.17, 15) is 0 Å². The molecule has 0 aromatic heterocycles. The Morgan fingerprint density at radius 1 is 1.14 bits per heavy atom. The third-order valence-corrected chi connectivity index (χ3v) is 4.19. The van der Waals surface area contributed by atoms with Crippen LogP contribution in [0.2, 0.25) is 0 Å². The van der Waals surface area contributed by atoms with Gasteiger partial charge in [0.1, 0.15) is 5.75 Å². The van der Waals surface area contributed by atoms with E-state index in [4.69, 9.17) is 10.5 Å². The number of methoxy groups -OCH3 is 1. The molecule has 1 fully saturated rings. The first-order valence-corrected chi connectivity index (χ1v) is 7.95. The zero-order chi connectivity index (χ0) is 15.2. The van der Waals surface area contributed by atoms with Crippen LogP contribution in [0.1, 0.15) is 25.5 Å². The van der Waals surface area contributed by atoms with Gasteiger partial charge in [0.05, 0.1) is 13.2 Å². The summed E-state index contributed by atoms with van der Waals surface area (Å²) in [5, 5.41) is 0. The summed E-state index contributed by atoms with van der Waals surface area (Å²) < 4.78 is 5.50. The van der Waals surface area contributed by atoms with Crippen molar-refractivity contribution in [3.8, 4) is 5.75 Å². The molecule has 1 aromatic carbocycles. The lowest BCUT2D eigenvalue weighted by Gasteiger charge is -2.40. The van der Waals surface area contributed by atoms with Crippen LogP contribution in [0.4, 0.5) is 0 Å². The lowest BCUT2D eigenvalue weighted by molar-refractivity contribution is 0.0903. The Labute approximate surface area is 128 Å². The molecule has 0 radical (unpaired) electrons. The molecule has 2 N–H and O–H groups in total. The third kappa shape index (κ3) is 4.19. The Hall–Kier alpha value is -1.10. The molecule has 0 amide bonds. The lowest BCUT2D eigenvalue weighted by Crippen LogP contribution is -2.49. The Balaban J connectivity index is 2.03. The number of hydrogen-bond donors (Lipinski definition) is 1. The van der Waals surface area contributed by atoms with Gasteiger partial charge in [-0.1, -0.05) is 32.0 Å². The van der Waals surface area contributed by atoms with Gasteiger partial charge in [-0.2, -0.15) is 0 Å². The van der Waals surface area contributed by atoms with Crippen LogP contribution < -0.4 is 10.5 Å². The van der Waals surface area contributed by atoms with Crippen molar-refractivity contribution in [1.82, 2.24) is 9.80 Å². The summed E-state index contributed by atoms with van der Waals surface area (Å²) in [7, 11) is 1.73. The number of rotatable bonds is 6. The van der Waals surface area contributed by atoms with Crippen molar-refractivity contribution in [2.24, 2.45) is 11.7 Å². The van der Waals surface area contributed by atoms with E-state index in [1.54, 1.807) is 7.11 Å². The van der Waals surface area contributed by atoms with Gasteiger partial charge >= 0.3 is 0 Å². The van der Waals surface area contributed by atoms with E-state index in [0.717, 1.165) is 37.8 Å². The molecule has 0 aliphatic carbocycles. The van der Waals surface area contributed by atoms with E-state index in [-0.39, 0.29) is 6.04 Å². The summed E-state index contributed by atoms with van der Waals surface area (Å²) in [6, 6.07) is 8.48. The molecule has 0 bridgehead atoms. The van der Waals surface area contributed by atoms with Crippen molar-refractivity contribution >= 4 is 0 Å². The standard InChI is InChI=1S/C17H29N3O/c1-14(2)13-19-8-10-20(11-9-19)16(12-18)15-6-4-5-7-17(15)21-3/h4-7,14,16H,8-13,18H2,1-3H3. The lowest BCUT2D eigenvalue weighted by atomic mass is 10.0. The molecule has 4 nitrogen and oxygen atoms in total. The maximum atomic E-state index is 6.06. The first-order valence-electron chi connectivity index (χ1n) is 7.95. The van der Waals surface area contributed by atoms with E-state index in [0.29, 0.717) is 6.54 Å². The van der Waals surface area contributed by atoms with Crippen molar-refractivity contribution in [3.63, 3.8) is 0 Å². The monoisotopic (exact) mass is 291 g/mol. The van der Waals surface area contributed by atoms with Crippen LogP contribution >= 0.6 is 0 Å². The van der Waals surface area contributed by atoms with E-state index >= 15 is 0 Å². The Morgan fingerprint density at radius 2 is 1.81 bits per heavy atom. The second-order valence-corrected chi connectivity index (χ2v) is 6.22. The van der Waals surface area contributed by atoms with Gasteiger partial charge < -0.3 is 15.4 Å². The summed E-state index contributed by atoms with van der Waals surface area (Å²) in [5.74, 6) is 1.67. The Bertz CT molecular complexity index is 428. The maximum absolute atomic E-state index is 6.06. The van der Waals surface area contributed by atoms with Gasteiger partial charge in [-0.05, 0) is 12.0 Å². The minimum absolute atomic E-state index is 0.252. The van der Waals surface area contributed by atoms with Crippen LogP contribution in [0.5, 0.6) is 5.75 Å². The number of hydrogen-bond acceptors (Lipinski definition) is 4. The van der Waals surface area contributed by atoms with Gasteiger partial charge in [0.2, 0.25) is 0 Å². The van der Waals surface area contributed by atoms with Gasteiger partial charge in [0, 0.05) is 44.8 Å². The van der Waals surface area contributed by atoms with Crippen molar-refractivity contribution in [3.05, 3.63) is 29.8 Å². The third-order valence-electron chi connectivity index (χ3n) is 4.19. The maximum Gasteiger partial charge on any atom is 0.123 e. The highest BCUT2D eigenvalue weighted by Crippen LogP contribution is 2.29. The molecule has 0 saturated carbocycles. The molecule has 1 saturated heterocycles. The van der Waals surface area contributed by atoms with E-state index < -0.39 is 0 Å². The molecule has 118 valence electrons. The highest BCUT2D eigenvalue weighted by molar-refractivity contribution is 5.36. The Kier molecular flexibility index (Phi) is 6.03. The molecule has 4 heteroatoms. The largest absolute Gasteiger partial charge is 0.496 e. The van der Waals surface area contributed by atoms with Crippen LogP contribution in [0.3, 0.4) is 0 Å². The first-order chi connectivity index (χ1) is 10.2. The summed E-state index contributed by atoms with van der Waals surface area (Å²) >= 11 is 0. The van der Waals surface area contributed by atoms with E-state index in [1.807, 2.05) is 12.1 Å². The van der Waals surface area contributed by atoms with Gasteiger partial charge in [0.15, 0.2) is 0 Å². The molecule has 1 aliphatic heterocycles. The zero-order valence-corrected chi connectivity index (χ0v) is 13.6. The molecular weight excluding hydrogens is 262 g/mol. The molecule has 1 unspecified atom stereocenters. The number of ether oxygens (including phenoxy) is 1. The Morgan fingerprint density at radius 3 is 2.38 bits per heavy atom. The van der Waals surface area contributed by atoms with Crippen LogP contribution in [-0.2, 0) is 0 Å². The summed E-state index contributed by atoms with van der Waals surface area (Å²) in [5.41, 5.74) is 7.27. The van der Waals surface area contributed by atoms with Crippen LogP contribution in [0.25, 0.3) is 0 Å². The minimum Gasteiger partial charge on any atom is -0.496 e. The second-order valence-electron chi connectivity index (χ2n) is 6.22. The molecule has 1 atom stereocenters. The molecular formula is C17H29N3O. The summed E-state index contributed by atoms with van der Waals surface area (Å²) in [4.78, 5) is 5.05. The van der Waals surface area contributed by atoms with Crippen molar-refractivity contribution in [2.75, 3.05) is 46.4 Å². The normalized spacial score (nSPS) is 18.9. The first kappa shape index (κ1) is 16.3. The average Bonchev–Trinajstić information content (AvgIpc) is 2.49. The van der Waals surface area contributed by atoms with Crippen LogP contribution in [0, 0.1) is 5.92 Å². The second kappa shape index (κ2) is 7.78. The predicted octanol–water partition coefficient (Wildman–Crippen LogP) is 1.97. The highest BCUT2D eigenvalue weighted by atomic mass is 16.5. The molecule has 0 spiro atoms. The fourth-order valence-corrected chi connectivity index (χ4v) is 3.19. The predicted molar refractivity (Wildman–Crippen MR) is 87.6 cm³/mol. The molecule has 1 heterocycles. The van der Waals surface area contributed by atoms with E-state index in [1.165, 1.54) is 12.1 Å². The fraction of sp³-hybridized carbons (Fsp3) is 0.647. The molecule has 1 aliphatic rings. The minimum atomic E-state index is 0.252. The van der Waals surface area contributed by atoms with Crippen molar-refractivity contribution < 1.29 is 4.74 Å². The van der Waals surface area contributed by atoms with Gasteiger partial charge in [-0.3, -0.25) is 4.90 Å². The number of para-hydroxylation sites is 1. The molecule has 1 aromatic rings. The zero-order valence-electron chi connectivity index (χ0n) is 13.6. The molecule has 21 heavy (non-hydrogen) atoms. The SMILES string of the molecule is COc1ccccc1C(CN)N1CCN(CC(C)C)CC1. The number of benzene rings is 1. The van der Waals surface area contributed by atoms with Gasteiger partial charge in [0.25, 0.3) is 0 Å². The number of piperazine rings is 1. The van der Waals surface area contributed by atoms with Crippen LogP contribution in [0.15, 0.2) is 24.3 Å². The van der Waals surface area contributed by atoms with Crippen LogP contribution in [-0.4, -0.2) is 56.2 Å². The molecule has 2 rings (SSSR count). The smallest absolute Gasteiger partial charge is 0.123 e. The number of nitrogens with two attached hydrogens (primary N) is 1. The quantitative estimate of drug-likeness (QED) is 0.870. The van der Waals surface area contributed by atoms with Crippen molar-refractivity contribution in [1.29, 1.82) is 0 Å². The summed E-state index contributed by atoms with van der Waals surface area (Å²) in [6.07, 6.45) is 0. The number of nitrogens with zero attached hydrogens (tertiary/aromatic N) is 2. The van der Waals surface area contributed by atoms with Crippen molar-refractivity contribution in [2.45, 2.75) is 19.9 Å². The summed E-state index contributed by atoms with van der Waals surface area (Å²) in [6.45, 7) is 10.8. The van der Waals surface area contributed by atoms with Gasteiger partial charge in [-0.15, -0.1) is 0 Å².